The van der Waals surface area contributed by atoms with Gasteiger partial charge in [-0.05, 0) is 57.9 Å². The fourth-order valence-electron chi connectivity index (χ4n) is 3.01. The largest absolute Gasteiger partial charge is 0.316 e. The van der Waals surface area contributed by atoms with Gasteiger partial charge in [0.15, 0.2) is 0 Å². The van der Waals surface area contributed by atoms with Crippen molar-refractivity contribution < 1.29 is 0 Å². The van der Waals surface area contributed by atoms with Crippen molar-refractivity contribution in [3.05, 3.63) is 0 Å². The van der Waals surface area contributed by atoms with Crippen molar-refractivity contribution in [3.8, 4) is 6.07 Å². The standard InChI is InChI=1S/C16H30N2/c1-4-16(10-5-6-11-16)14-18-12-8-7-9-15(2,3)13-17/h18H,4-12,14H2,1-3H3. The van der Waals surface area contributed by atoms with Gasteiger partial charge in [-0.2, -0.15) is 5.26 Å². The van der Waals surface area contributed by atoms with E-state index in [0.29, 0.717) is 5.41 Å². The Morgan fingerprint density at radius 1 is 1.22 bits per heavy atom. The summed E-state index contributed by atoms with van der Waals surface area (Å²) >= 11 is 0. The zero-order valence-corrected chi connectivity index (χ0v) is 12.5. The van der Waals surface area contributed by atoms with Crippen molar-refractivity contribution in [2.24, 2.45) is 10.8 Å². The van der Waals surface area contributed by atoms with Gasteiger partial charge in [-0.25, -0.2) is 0 Å². The van der Waals surface area contributed by atoms with Crippen LogP contribution in [-0.4, -0.2) is 13.1 Å². The Kier molecular flexibility index (Phi) is 6.15. The molecule has 0 aromatic heterocycles. The first-order chi connectivity index (χ1) is 8.54. The summed E-state index contributed by atoms with van der Waals surface area (Å²) in [4.78, 5) is 0. The highest BCUT2D eigenvalue weighted by atomic mass is 14.9. The minimum atomic E-state index is -0.143. The Hall–Kier alpha value is -0.550. The Labute approximate surface area is 113 Å². The molecule has 104 valence electrons. The van der Waals surface area contributed by atoms with E-state index < -0.39 is 0 Å². The van der Waals surface area contributed by atoms with Gasteiger partial charge in [-0.3, -0.25) is 0 Å². The van der Waals surface area contributed by atoms with Gasteiger partial charge < -0.3 is 5.32 Å². The van der Waals surface area contributed by atoms with Crippen molar-refractivity contribution in [2.45, 2.75) is 72.1 Å². The fraction of sp³-hybridized carbons (Fsp3) is 0.938. The first-order valence-electron chi connectivity index (χ1n) is 7.66. The van der Waals surface area contributed by atoms with Gasteiger partial charge in [-0.1, -0.05) is 26.2 Å². The SMILES string of the molecule is CCC1(CNCCCCC(C)(C)C#N)CCCC1. The van der Waals surface area contributed by atoms with Crippen LogP contribution in [0.25, 0.3) is 0 Å². The molecule has 0 radical (unpaired) electrons. The lowest BCUT2D eigenvalue weighted by Crippen LogP contribution is -2.32. The minimum absolute atomic E-state index is 0.143. The molecule has 1 saturated carbocycles. The van der Waals surface area contributed by atoms with E-state index in [0.717, 1.165) is 19.4 Å². The van der Waals surface area contributed by atoms with Crippen LogP contribution in [0.1, 0.15) is 72.1 Å². The first kappa shape index (κ1) is 15.5. The van der Waals surface area contributed by atoms with E-state index in [1.54, 1.807) is 0 Å². The van der Waals surface area contributed by atoms with Crippen molar-refractivity contribution in [1.29, 1.82) is 5.26 Å². The Morgan fingerprint density at radius 2 is 1.89 bits per heavy atom. The van der Waals surface area contributed by atoms with Crippen molar-refractivity contribution >= 4 is 0 Å². The van der Waals surface area contributed by atoms with Crippen LogP contribution in [0.5, 0.6) is 0 Å². The number of unbranched alkanes of at least 4 members (excludes halogenated alkanes) is 1. The molecule has 0 aromatic rings. The van der Waals surface area contributed by atoms with Gasteiger partial charge in [-0.15, -0.1) is 0 Å². The third-order valence-electron chi connectivity index (χ3n) is 4.62. The maximum atomic E-state index is 8.94. The highest BCUT2D eigenvalue weighted by Crippen LogP contribution is 2.40. The second-order valence-corrected chi connectivity index (χ2v) is 6.69. The smallest absolute Gasteiger partial charge is 0.0683 e. The normalized spacial score (nSPS) is 18.8. The second kappa shape index (κ2) is 7.14. The molecule has 0 aromatic carbocycles. The van der Waals surface area contributed by atoms with E-state index in [1.807, 2.05) is 13.8 Å². The predicted molar refractivity (Wildman–Crippen MR) is 77.3 cm³/mol. The van der Waals surface area contributed by atoms with Crippen LogP contribution in [-0.2, 0) is 0 Å². The number of hydrogen-bond acceptors (Lipinski definition) is 2. The lowest BCUT2D eigenvalue weighted by Gasteiger charge is -2.27. The van der Waals surface area contributed by atoms with Crippen LogP contribution in [0.15, 0.2) is 0 Å². The molecule has 2 heteroatoms. The number of rotatable bonds is 8. The third-order valence-corrected chi connectivity index (χ3v) is 4.62. The Bertz CT molecular complexity index is 269. The third kappa shape index (κ3) is 4.98. The summed E-state index contributed by atoms with van der Waals surface area (Å²) in [5, 5.41) is 12.6. The van der Waals surface area contributed by atoms with Gasteiger partial charge in [0.05, 0.1) is 11.5 Å². The van der Waals surface area contributed by atoms with E-state index in [-0.39, 0.29) is 5.41 Å². The van der Waals surface area contributed by atoms with Crippen LogP contribution in [0.3, 0.4) is 0 Å². The lowest BCUT2D eigenvalue weighted by atomic mass is 9.83. The fourth-order valence-corrected chi connectivity index (χ4v) is 3.01. The number of nitrogens with one attached hydrogen (secondary N) is 1. The molecule has 0 unspecified atom stereocenters. The summed E-state index contributed by atoms with van der Waals surface area (Å²) in [5.41, 5.74) is 0.460. The topological polar surface area (TPSA) is 35.8 Å². The van der Waals surface area contributed by atoms with Crippen molar-refractivity contribution in [2.75, 3.05) is 13.1 Å². The molecule has 0 saturated heterocycles. The van der Waals surface area contributed by atoms with Crippen LogP contribution < -0.4 is 5.32 Å². The van der Waals surface area contributed by atoms with Crippen LogP contribution in [0.2, 0.25) is 0 Å². The zero-order valence-electron chi connectivity index (χ0n) is 12.5. The summed E-state index contributed by atoms with van der Waals surface area (Å²) in [6.45, 7) is 8.72. The molecule has 18 heavy (non-hydrogen) atoms. The zero-order chi connectivity index (χ0) is 13.5. The molecule has 0 aliphatic heterocycles. The molecule has 2 nitrogen and oxygen atoms in total. The number of hydrogen-bond donors (Lipinski definition) is 1. The summed E-state index contributed by atoms with van der Waals surface area (Å²) in [6.07, 6.45) is 10.4. The summed E-state index contributed by atoms with van der Waals surface area (Å²) < 4.78 is 0. The molecule has 1 aliphatic carbocycles. The van der Waals surface area contributed by atoms with E-state index in [4.69, 9.17) is 5.26 Å². The van der Waals surface area contributed by atoms with Crippen LogP contribution in [0, 0.1) is 22.2 Å². The lowest BCUT2D eigenvalue weighted by molar-refractivity contribution is 0.267. The average Bonchev–Trinajstić information content (AvgIpc) is 2.83. The maximum Gasteiger partial charge on any atom is 0.0683 e. The summed E-state index contributed by atoms with van der Waals surface area (Å²) in [5.74, 6) is 0. The number of nitrogens with zero attached hydrogens (tertiary/aromatic N) is 1. The van der Waals surface area contributed by atoms with E-state index in [2.05, 4.69) is 18.3 Å². The molecular weight excluding hydrogens is 220 g/mol. The van der Waals surface area contributed by atoms with E-state index in [9.17, 15) is 0 Å². The molecule has 1 rings (SSSR count). The van der Waals surface area contributed by atoms with Gasteiger partial charge in [0.1, 0.15) is 0 Å². The second-order valence-electron chi connectivity index (χ2n) is 6.69. The Balaban J connectivity index is 2.07. The molecule has 1 aliphatic rings. The molecule has 0 atom stereocenters. The molecule has 0 amide bonds. The maximum absolute atomic E-state index is 8.94. The molecular formula is C16H30N2. The van der Waals surface area contributed by atoms with Gasteiger partial charge in [0.2, 0.25) is 0 Å². The summed E-state index contributed by atoms with van der Waals surface area (Å²) in [6, 6.07) is 2.37. The minimum Gasteiger partial charge on any atom is -0.316 e. The van der Waals surface area contributed by atoms with E-state index in [1.165, 1.54) is 45.1 Å². The van der Waals surface area contributed by atoms with Crippen molar-refractivity contribution in [1.82, 2.24) is 5.32 Å². The first-order valence-corrected chi connectivity index (χ1v) is 7.66. The van der Waals surface area contributed by atoms with E-state index >= 15 is 0 Å². The molecule has 0 heterocycles. The average molecular weight is 250 g/mol. The Morgan fingerprint density at radius 3 is 2.44 bits per heavy atom. The molecule has 1 N–H and O–H groups in total. The van der Waals surface area contributed by atoms with Gasteiger partial charge in [0, 0.05) is 6.54 Å². The van der Waals surface area contributed by atoms with Gasteiger partial charge >= 0.3 is 0 Å². The van der Waals surface area contributed by atoms with Gasteiger partial charge in [0.25, 0.3) is 0 Å². The quantitative estimate of drug-likeness (QED) is 0.653. The van der Waals surface area contributed by atoms with Crippen molar-refractivity contribution in [3.63, 3.8) is 0 Å². The predicted octanol–water partition coefficient (Wildman–Crippen LogP) is 4.27. The van der Waals surface area contributed by atoms with Crippen LogP contribution >= 0.6 is 0 Å². The molecule has 0 bridgehead atoms. The monoisotopic (exact) mass is 250 g/mol. The van der Waals surface area contributed by atoms with Crippen LogP contribution in [0.4, 0.5) is 0 Å². The number of nitriles is 1. The molecule has 0 spiro atoms. The summed E-state index contributed by atoms with van der Waals surface area (Å²) in [7, 11) is 0. The highest BCUT2D eigenvalue weighted by Gasteiger charge is 2.31. The highest BCUT2D eigenvalue weighted by molar-refractivity contribution is 4.91. The molecule has 1 fully saturated rings.